The second-order valence-electron chi connectivity index (χ2n) is 6.25. The lowest BCUT2D eigenvalue weighted by Crippen LogP contribution is -2.24. The Hall–Kier alpha value is -3.02. The van der Waals surface area contributed by atoms with E-state index in [0.29, 0.717) is 12.4 Å². The highest BCUT2D eigenvalue weighted by Gasteiger charge is 2.29. The Morgan fingerprint density at radius 2 is 2.00 bits per heavy atom. The Bertz CT molecular complexity index is 933. The monoisotopic (exact) mass is 333 g/mol. The highest BCUT2D eigenvalue weighted by Crippen LogP contribution is 2.28. The number of amides is 1. The van der Waals surface area contributed by atoms with Gasteiger partial charge in [-0.3, -0.25) is 9.69 Å². The smallest absolute Gasteiger partial charge is 0.260 e. The van der Waals surface area contributed by atoms with Gasteiger partial charge in [0, 0.05) is 11.6 Å². The summed E-state index contributed by atoms with van der Waals surface area (Å²) in [6.07, 6.45) is 2.71. The maximum atomic E-state index is 12.7. The van der Waals surface area contributed by atoms with Gasteiger partial charge < -0.3 is 4.57 Å². The average Bonchev–Trinajstić information content (AvgIpc) is 3.27. The SMILES string of the molecule is CC[C@H](C)n1cnnc1-c1cccc(N2Cc3ccccc3C2=O)n1. The van der Waals surface area contributed by atoms with Gasteiger partial charge in [0.15, 0.2) is 5.82 Å². The maximum Gasteiger partial charge on any atom is 0.260 e. The first-order chi connectivity index (χ1) is 12.2. The molecular formula is C19H19N5O. The van der Waals surface area contributed by atoms with Crippen LogP contribution in [0.25, 0.3) is 11.5 Å². The number of fused-ring (bicyclic) bond motifs is 1. The summed E-state index contributed by atoms with van der Waals surface area (Å²) in [6, 6.07) is 13.6. The molecular weight excluding hydrogens is 314 g/mol. The van der Waals surface area contributed by atoms with E-state index in [4.69, 9.17) is 0 Å². The van der Waals surface area contributed by atoms with Crippen LogP contribution in [0.3, 0.4) is 0 Å². The van der Waals surface area contributed by atoms with E-state index in [2.05, 4.69) is 29.0 Å². The molecule has 0 saturated carbocycles. The van der Waals surface area contributed by atoms with Crippen molar-refractivity contribution in [2.75, 3.05) is 4.90 Å². The van der Waals surface area contributed by atoms with Crippen LogP contribution in [-0.2, 0) is 6.54 Å². The van der Waals surface area contributed by atoms with Crippen molar-refractivity contribution in [1.82, 2.24) is 19.7 Å². The van der Waals surface area contributed by atoms with Crippen LogP contribution in [0, 0.1) is 0 Å². The summed E-state index contributed by atoms with van der Waals surface area (Å²) in [6.45, 7) is 4.79. The molecule has 126 valence electrons. The first-order valence-corrected chi connectivity index (χ1v) is 8.45. The third-order valence-corrected chi connectivity index (χ3v) is 4.70. The van der Waals surface area contributed by atoms with Crippen molar-refractivity contribution in [3.63, 3.8) is 0 Å². The number of nitrogens with zero attached hydrogens (tertiary/aromatic N) is 5. The lowest BCUT2D eigenvalue weighted by Gasteiger charge is -2.16. The molecule has 6 nitrogen and oxygen atoms in total. The third-order valence-electron chi connectivity index (χ3n) is 4.70. The van der Waals surface area contributed by atoms with E-state index < -0.39 is 0 Å². The van der Waals surface area contributed by atoms with Crippen molar-refractivity contribution < 1.29 is 4.79 Å². The molecule has 1 aliphatic rings. The van der Waals surface area contributed by atoms with Gasteiger partial charge in [0.1, 0.15) is 17.8 Å². The molecule has 0 spiro atoms. The van der Waals surface area contributed by atoms with Gasteiger partial charge in [0.05, 0.1) is 6.54 Å². The Morgan fingerprint density at radius 3 is 2.80 bits per heavy atom. The van der Waals surface area contributed by atoms with Crippen molar-refractivity contribution in [3.8, 4) is 11.5 Å². The topological polar surface area (TPSA) is 63.9 Å². The summed E-state index contributed by atoms with van der Waals surface area (Å²) in [7, 11) is 0. The number of hydrogen-bond acceptors (Lipinski definition) is 4. The van der Waals surface area contributed by atoms with E-state index in [0.717, 1.165) is 29.1 Å². The fraction of sp³-hybridized carbons (Fsp3) is 0.263. The van der Waals surface area contributed by atoms with Crippen molar-refractivity contribution in [1.29, 1.82) is 0 Å². The minimum absolute atomic E-state index is 0.0105. The number of hydrogen-bond donors (Lipinski definition) is 0. The summed E-state index contributed by atoms with van der Waals surface area (Å²) >= 11 is 0. The zero-order chi connectivity index (χ0) is 17.4. The number of carbonyl (C=O) groups is 1. The number of pyridine rings is 1. The van der Waals surface area contributed by atoms with Crippen molar-refractivity contribution in [2.24, 2.45) is 0 Å². The van der Waals surface area contributed by atoms with E-state index in [9.17, 15) is 4.79 Å². The molecule has 1 aliphatic heterocycles. The molecule has 1 amide bonds. The summed E-state index contributed by atoms with van der Waals surface area (Å²) < 4.78 is 2.02. The molecule has 0 N–H and O–H groups in total. The molecule has 0 fully saturated rings. The molecule has 25 heavy (non-hydrogen) atoms. The summed E-state index contributed by atoms with van der Waals surface area (Å²) in [5.74, 6) is 1.35. The van der Waals surface area contributed by atoms with E-state index in [1.54, 1.807) is 11.2 Å². The molecule has 6 heteroatoms. The number of aromatic nitrogens is 4. The molecule has 3 aromatic rings. The normalized spacial score (nSPS) is 14.6. The van der Waals surface area contributed by atoms with Gasteiger partial charge in [-0.15, -0.1) is 10.2 Å². The predicted molar refractivity (Wildman–Crippen MR) is 95.2 cm³/mol. The van der Waals surface area contributed by atoms with Crippen LogP contribution in [0.2, 0.25) is 0 Å². The zero-order valence-corrected chi connectivity index (χ0v) is 14.3. The molecule has 0 saturated heterocycles. The first kappa shape index (κ1) is 15.5. The number of rotatable bonds is 4. The van der Waals surface area contributed by atoms with E-state index in [1.165, 1.54) is 0 Å². The van der Waals surface area contributed by atoms with Gasteiger partial charge in [0.2, 0.25) is 0 Å². The van der Waals surface area contributed by atoms with Crippen LogP contribution < -0.4 is 4.90 Å². The maximum absolute atomic E-state index is 12.7. The van der Waals surface area contributed by atoms with Gasteiger partial charge in [-0.25, -0.2) is 4.98 Å². The predicted octanol–water partition coefficient (Wildman–Crippen LogP) is 3.47. The van der Waals surface area contributed by atoms with Gasteiger partial charge >= 0.3 is 0 Å². The van der Waals surface area contributed by atoms with Crippen molar-refractivity contribution >= 4 is 11.7 Å². The summed E-state index contributed by atoms with van der Waals surface area (Å²) in [5, 5.41) is 8.26. The standard InChI is InChI=1S/C19H19N5O/c1-3-13(2)24-12-20-22-18(24)16-9-6-10-17(21-16)23-11-14-7-4-5-8-15(14)19(23)25/h4-10,12-13H,3,11H2,1-2H3/t13-/m0/s1. The number of anilines is 1. The second kappa shape index (κ2) is 6.12. The van der Waals surface area contributed by atoms with Crippen LogP contribution >= 0.6 is 0 Å². The second-order valence-corrected chi connectivity index (χ2v) is 6.25. The number of carbonyl (C=O) groups excluding carboxylic acids is 1. The molecule has 1 aromatic carbocycles. The van der Waals surface area contributed by atoms with Crippen LogP contribution in [0.5, 0.6) is 0 Å². The lowest BCUT2D eigenvalue weighted by atomic mass is 10.1. The molecule has 0 aliphatic carbocycles. The lowest BCUT2D eigenvalue weighted by molar-refractivity contribution is 0.0996. The van der Waals surface area contributed by atoms with Crippen LogP contribution in [0.4, 0.5) is 5.82 Å². The van der Waals surface area contributed by atoms with Gasteiger partial charge in [-0.1, -0.05) is 31.2 Å². The van der Waals surface area contributed by atoms with Crippen LogP contribution in [0.1, 0.15) is 42.2 Å². The largest absolute Gasteiger partial charge is 0.309 e. The molecule has 0 radical (unpaired) electrons. The van der Waals surface area contributed by atoms with Crippen LogP contribution in [0.15, 0.2) is 48.8 Å². The number of benzene rings is 1. The third kappa shape index (κ3) is 2.59. The van der Waals surface area contributed by atoms with Crippen LogP contribution in [-0.4, -0.2) is 25.7 Å². The average molecular weight is 333 g/mol. The van der Waals surface area contributed by atoms with Gasteiger partial charge in [0.25, 0.3) is 5.91 Å². The first-order valence-electron chi connectivity index (χ1n) is 8.45. The highest BCUT2D eigenvalue weighted by atomic mass is 16.2. The zero-order valence-electron chi connectivity index (χ0n) is 14.3. The van der Waals surface area contributed by atoms with E-state index in [-0.39, 0.29) is 11.9 Å². The van der Waals surface area contributed by atoms with Gasteiger partial charge in [-0.05, 0) is 37.1 Å². The van der Waals surface area contributed by atoms with Crippen molar-refractivity contribution in [2.45, 2.75) is 32.9 Å². The minimum Gasteiger partial charge on any atom is -0.309 e. The van der Waals surface area contributed by atoms with E-state index >= 15 is 0 Å². The molecule has 4 rings (SSSR count). The molecule has 3 heterocycles. The van der Waals surface area contributed by atoms with Crippen molar-refractivity contribution in [3.05, 3.63) is 59.9 Å². The fourth-order valence-corrected chi connectivity index (χ4v) is 3.08. The Labute approximate surface area is 146 Å². The minimum atomic E-state index is -0.0105. The van der Waals surface area contributed by atoms with Gasteiger partial charge in [-0.2, -0.15) is 0 Å². The quantitative estimate of drug-likeness (QED) is 0.733. The molecule has 0 unspecified atom stereocenters. The highest BCUT2D eigenvalue weighted by molar-refractivity contribution is 6.09. The van der Waals surface area contributed by atoms with E-state index in [1.807, 2.05) is 47.0 Å². The summed E-state index contributed by atoms with van der Waals surface area (Å²) in [5.41, 5.74) is 2.50. The summed E-state index contributed by atoms with van der Waals surface area (Å²) in [4.78, 5) is 19.1. The Kier molecular flexibility index (Phi) is 3.80. The Morgan fingerprint density at radius 1 is 1.16 bits per heavy atom. The molecule has 0 bridgehead atoms. The molecule has 2 aromatic heterocycles. The fourth-order valence-electron chi connectivity index (χ4n) is 3.08. The Balaban J connectivity index is 1.70. The molecule has 1 atom stereocenters.